The normalized spacial score (nSPS) is 20.8. The number of aromatic nitrogens is 4. The SMILES string of the molecule is CO[C@@]1(C(=O)Nc2ccc3[nH]nc(C4CCOCC4)c3c2)CCN(CC(=O)N2CC=C(c3ccc(-c4ncccn4)cc3F)CC2)C1. The van der Waals surface area contributed by atoms with Crippen molar-refractivity contribution in [2.24, 2.45) is 0 Å². The van der Waals surface area contributed by atoms with Crippen LogP contribution in [0.5, 0.6) is 0 Å². The Morgan fingerprint density at radius 2 is 1.96 bits per heavy atom. The van der Waals surface area contributed by atoms with Crippen molar-refractivity contribution in [1.29, 1.82) is 0 Å². The highest BCUT2D eigenvalue weighted by atomic mass is 19.1. The number of ether oxygens (including phenoxy) is 2. The van der Waals surface area contributed by atoms with Crippen LogP contribution in [0.3, 0.4) is 0 Å². The summed E-state index contributed by atoms with van der Waals surface area (Å²) in [6, 6.07) is 12.5. The Morgan fingerprint density at radius 3 is 2.70 bits per heavy atom. The van der Waals surface area contributed by atoms with Gasteiger partial charge in [-0.05, 0) is 61.6 Å². The zero-order valence-corrected chi connectivity index (χ0v) is 26.4. The summed E-state index contributed by atoms with van der Waals surface area (Å²) < 4.78 is 26.4. The Kier molecular flexibility index (Phi) is 8.80. The number of hydrogen-bond acceptors (Lipinski definition) is 8. The number of nitrogens with zero attached hydrogens (tertiary/aromatic N) is 5. The topological polar surface area (TPSA) is 126 Å². The summed E-state index contributed by atoms with van der Waals surface area (Å²) in [6.07, 6.45) is 8.03. The number of hydrogen-bond donors (Lipinski definition) is 2. The summed E-state index contributed by atoms with van der Waals surface area (Å²) in [5.41, 5.74) is 3.56. The molecule has 2 aromatic carbocycles. The Morgan fingerprint density at radius 1 is 1.13 bits per heavy atom. The van der Waals surface area contributed by atoms with Gasteiger partial charge in [0.15, 0.2) is 11.4 Å². The van der Waals surface area contributed by atoms with E-state index in [0.717, 1.165) is 48.2 Å². The molecule has 4 aromatic rings. The molecule has 3 aliphatic rings. The average Bonchev–Trinajstić information content (AvgIpc) is 3.74. The summed E-state index contributed by atoms with van der Waals surface area (Å²) in [5, 5.41) is 11.8. The number of halogens is 1. The van der Waals surface area contributed by atoms with Gasteiger partial charge in [0.2, 0.25) is 5.91 Å². The highest BCUT2D eigenvalue weighted by Crippen LogP contribution is 2.33. The fourth-order valence-corrected chi connectivity index (χ4v) is 6.87. The molecule has 0 unspecified atom stereocenters. The van der Waals surface area contributed by atoms with Crippen molar-refractivity contribution in [3.8, 4) is 11.4 Å². The molecule has 0 aliphatic carbocycles. The van der Waals surface area contributed by atoms with Gasteiger partial charge in [0.25, 0.3) is 5.91 Å². The summed E-state index contributed by atoms with van der Waals surface area (Å²) in [6.45, 7) is 3.37. The van der Waals surface area contributed by atoms with Crippen LogP contribution in [0.1, 0.15) is 42.9 Å². The third-order valence-electron chi connectivity index (χ3n) is 9.63. The van der Waals surface area contributed by atoms with Crippen molar-refractivity contribution in [2.45, 2.75) is 37.2 Å². The first-order valence-corrected chi connectivity index (χ1v) is 16.1. The van der Waals surface area contributed by atoms with Crippen LogP contribution in [0.25, 0.3) is 27.9 Å². The van der Waals surface area contributed by atoms with Gasteiger partial charge in [-0.3, -0.25) is 19.6 Å². The second-order valence-corrected chi connectivity index (χ2v) is 12.5. The van der Waals surface area contributed by atoms with Crippen molar-refractivity contribution in [2.75, 3.05) is 58.4 Å². The van der Waals surface area contributed by atoms with E-state index < -0.39 is 5.60 Å². The number of carbonyl (C=O) groups excluding carboxylic acids is 2. The molecule has 7 rings (SSSR count). The van der Waals surface area contributed by atoms with Crippen LogP contribution in [-0.4, -0.2) is 100 Å². The lowest BCUT2D eigenvalue weighted by molar-refractivity contribution is -0.138. The molecular weight excluding hydrogens is 601 g/mol. The van der Waals surface area contributed by atoms with E-state index in [0.29, 0.717) is 67.6 Å². The molecule has 47 heavy (non-hydrogen) atoms. The zero-order valence-electron chi connectivity index (χ0n) is 26.4. The number of likely N-dealkylation sites (tertiary alicyclic amines) is 1. The molecule has 2 N–H and O–H groups in total. The van der Waals surface area contributed by atoms with E-state index in [2.05, 4.69) is 25.5 Å². The van der Waals surface area contributed by atoms with E-state index in [4.69, 9.17) is 9.47 Å². The van der Waals surface area contributed by atoms with Crippen LogP contribution in [0.2, 0.25) is 0 Å². The molecule has 2 saturated heterocycles. The van der Waals surface area contributed by atoms with Crippen LogP contribution in [0.4, 0.5) is 10.1 Å². The lowest BCUT2D eigenvalue weighted by Crippen LogP contribution is -2.48. The van der Waals surface area contributed by atoms with Crippen molar-refractivity contribution in [3.05, 3.63) is 78.0 Å². The van der Waals surface area contributed by atoms with E-state index in [-0.39, 0.29) is 24.2 Å². The van der Waals surface area contributed by atoms with Gasteiger partial charge in [-0.2, -0.15) is 5.10 Å². The Balaban J connectivity index is 0.958. The van der Waals surface area contributed by atoms with Crippen molar-refractivity contribution < 1.29 is 23.5 Å². The quantitative estimate of drug-likeness (QED) is 0.291. The maximum absolute atomic E-state index is 15.1. The minimum Gasteiger partial charge on any atom is -0.381 e. The first kappa shape index (κ1) is 31.1. The van der Waals surface area contributed by atoms with Crippen LogP contribution < -0.4 is 5.32 Å². The second-order valence-electron chi connectivity index (χ2n) is 12.5. The zero-order chi connectivity index (χ0) is 32.4. The Hall–Kier alpha value is -4.52. The fourth-order valence-electron chi connectivity index (χ4n) is 6.87. The first-order valence-electron chi connectivity index (χ1n) is 16.1. The molecule has 2 amide bonds. The van der Waals surface area contributed by atoms with Gasteiger partial charge in [-0.15, -0.1) is 0 Å². The largest absolute Gasteiger partial charge is 0.381 e. The number of benzene rings is 2. The van der Waals surface area contributed by atoms with E-state index in [1.165, 1.54) is 6.07 Å². The molecule has 2 aromatic heterocycles. The highest BCUT2D eigenvalue weighted by Gasteiger charge is 2.45. The first-order chi connectivity index (χ1) is 22.9. The van der Waals surface area contributed by atoms with E-state index in [9.17, 15) is 9.59 Å². The summed E-state index contributed by atoms with van der Waals surface area (Å²) in [4.78, 5) is 39.0. The lowest BCUT2D eigenvalue weighted by Gasteiger charge is -2.30. The highest BCUT2D eigenvalue weighted by molar-refractivity contribution is 5.99. The monoisotopic (exact) mass is 639 g/mol. The summed E-state index contributed by atoms with van der Waals surface area (Å²) in [7, 11) is 1.54. The van der Waals surface area contributed by atoms with E-state index in [1.807, 2.05) is 35.2 Å². The lowest BCUT2D eigenvalue weighted by atomic mass is 9.94. The molecular formula is C35H38FN7O4. The Labute approximate surface area is 272 Å². The van der Waals surface area contributed by atoms with Crippen molar-refractivity contribution in [3.63, 3.8) is 0 Å². The number of aromatic amines is 1. The van der Waals surface area contributed by atoms with Crippen LogP contribution in [0, 0.1) is 5.82 Å². The van der Waals surface area contributed by atoms with E-state index >= 15 is 4.39 Å². The smallest absolute Gasteiger partial charge is 0.258 e. The molecule has 0 saturated carbocycles. The van der Waals surface area contributed by atoms with Gasteiger partial charge in [-0.1, -0.05) is 18.2 Å². The summed E-state index contributed by atoms with van der Waals surface area (Å²) in [5.74, 6) is 0.190. The van der Waals surface area contributed by atoms with Crippen molar-refractivity contribution in [1.82, 2.24) is 30.0 Å². The fraction of sp³-hybridized carbons (Fsp3) is 0.400. The molecule has 0 bridgehead atoms. The number of rotatable bonds is 8. The van der Waals surface area contributed by atoms with Gasteiger partial charge in [0, 0.05) is 87.0 Å². The molecule has 3 aliphatic heterocycles. The third kappa shape index (κ3) is 6.40. The molecule has 244 valence electrons. The van der Waals surface area contributed by atoms with Gasteiger partial charge in [0.05, 0.1) is 17.8 Å². The number of anilines is 1. The predicted octanol–water partition coefficient (Wildman–Crippen LogP) is 4.40. The molecule has 1 atom stereocenters. The van der Waals surface area contributed by atoms with Crippen LogP contribution in [-0.2, 0) is 19.1 Å². The maximum atomic E-state index is 15.1. The molecule has 0 radical (unpaired) electrons. The number of amides is 2. The van der Waals surface area contributed by atoms with Crippen molar-refractivity contribution >= 4 is 34.0 Å². The number of H-pyrrole nitrogens is 1. The van der Waals surface area contributed by atoms with Gasteiger partial charge in [-0.25, -0.2) is 14.4 Å². The predicted molar refractivity (Wildman–Crippen MR) is 175 cm³/mol. The molecule has 11 nitrogen and oxygen atoms in total. The van der Waals surface area contributed by atoms with Gasteiger partial charge >= 0.3 is 0 Å². The standard InChI is InChI=1S/C35H38FN7O4/c1-46-35(34(45)39-26-4-6-30-28(20-26)32(41-40-30)24-9-17-47-18-10-24)11-16-42(22-35)21-31(44)43-14-7-23(8-15-43)27-5-3-25(19-29(27)36)33-37-12-2-13-38-33/h2-7,12-13,19-20,24H,8-11,14-18,21-22H2,1H3,(H,39,45)(H,40,41)/t35-/m0/s1. The summed E-state index contributed by atoms with van der Waals surface area (Å²) >= 11 is 0. The minimum absolute atomic E-state index is 0.0318. The molecule has 0 spiro atoms. The van der Waals surface area contributed by atoms with E-state index in [1.54, 1.807) is 36.5 Å². The van der Waals surface area contributed by atoms with Crippen LogP contribution >= 0.6 is 0 Å². The maximum Gasteiger partial charge on any atom is 0.258 e. The molecule has 2 fully saturated rings. The Bertz CT molecular complexity index is 1810. The number of fused-ring (bicyclic) bond motifs is 1. The van der Waals surface area contributed by atoms with Gasteiger partial charge < -0.3 is 19.7 Å². The number of carbonyl (C=O) groups is 2. The van der Waals surface area contributed by atoms with Gasteiger partial charge in [0.1, 0.15) is 5.82 Å². The molecule has 12 heteroatoms. The minimum atomic E-state index is -1.07. The third-order valence-corrected chi connectivity index (χ3v) is 9.63. The number of nitrogens with one attached hydrogen (secondary N) is 2. The number of methoxy groups -OCH3 is 1. The second kappa shape index (κ2) is 13.3. The van der Waals surface area contributed by atoms with Crippen LogP contribution in [0.15, 0.2) is 60.9 Å². The molecule has 5 heterocycles. The average molecular weight is 640 g/mol.